The molecule has 130 valence electrons. The zero-order chi connectivity index (χ0) is 17.8. The third kappa shape index (κ3) is 4.04. The highest BCUT2D eigenvalue weighted by Gasteiger charge is 2.30. The highest BCUT2D eigenvalue weighted by atomic mass is 79.9. The lowest BCUT2D eigenvalue weighted by atomic mass is 9.95. The number of hydrogen-bond donors (Lipinski definition) is 0. The first kappa shape index (κ1) is 17.9. The van der Waals surface area contributed by atoms with Crippen LogP contribution in [0.4, 0.5) is 0 Å². The maximum atomic E-state index is 4.52. The van der Waals surface area contributed by atoms with Crippen molar-refractivity contribution in [3.63, 3.8) is 0 Å². The molecular formula is C22H25BrN2. The first-order valence-electron chi connectivity index (χ1n) is 8.89. The first-order chi connectivity index (χ1) is 12.1. The minimum atomic E-state index is 0.516. The van der Waals surface area contributed by atoms with Crippen LogP contribution in [-0.4, -0.2) is 23.0 Å². The number of rotatable bonds is 4. The molecule has 2 heterocycles. The summed E-state index contributed by atoms with van der Waals surface area (Å²) in [5.41, 5.74) is 3.92. The lowest BCUT2D eigenvalue weighted by molar-refractivity contribution is 0.196. The molecule has 1 aliphatic rings. The fourth-order valence-electron chi connectivity index (χ4n) is 3.18. The summed E-state index contributed by atoms with van der Waals surface area (Å²) in [7, 11) is 0. The number of allylic oxidation sites excluding steroid dienone is 2. The van der Waals surface area contributed by atoms with Gasteiger partial charge in [-0.25, -0.2) is 0 Å². The molecule has 25 heavy (non-hydrogen) atoms. The summed E-state index contributed by atoms with van der Waals surface area (Å²) in [5.74, 6) is 0.516. The molecule has 1 aliphatic heterocycles. The fraction of sp³-hybridized carbons (Fsp3) is 0.318. The van der Waals surface area contributed by atoms with E-state index in [1.807, 2.05) is 12.3 Å². The Labute approximate surface area is 158 Å². The number of nitrogens with zero attached hydrogens (tertiary/aromatic N) is 2. The molecule has 0 spiro atoms. The molecule has 0 radical (unpaired) electrons. The third-order valence-electron chi connectivity index (χ3n) is 5.01. The number of pyridine rings is 1. The average Bonchev–Trinajstić information content (AvgIpc) is 2.60. The van der Waals surface area contributed by atoms with Crippen LogP contribution in [0.5, 0.6) is 0 Å². The second-order valence-electron chi connectivity index (χ2n) is 6.67. The zero-order valence-electron chi connectivity index (χ0n) is 15.2. The molecular weight excluding hydrogens is 372 g/mol. The topological polar surface area (TPSA) is 16.1 Å². The third-order valence-corrected chi connectivity index (χ3v) is 5.68. The van der Waals surface area contributed by atoms with Gasteiger partial charge >= 0.3 is 0 Å². The molecule has 2 aromatic rings. The van der Waals surface area contributed by atoms with Crippen LogP contribution in [0.2, 0.25) is 0 Å². The SMILES string of the molecule is CCC(C)=c1ccccc1=CC=C(C)N1CC(c2ncccc2Br)C1. The first-order valence-corrected chi connectivity index (χ1v) is 9.68. The molecule has 0 saturated carbocycles. The van der Waals surface area contributed by atoms with Gasteiger partial charge in [-0.05, 0) is 64.8 Å². The maximum absolute atomic E-state index is 4.52. The van der Waals surface area contributed by atoms with Crippen LogP contribution in [0.25, 0.3) is 11.6 Å². The predicted molar refractivity (Wildman–Crippen MR) is 110 cm³/mol. The van der Waals surface area contributed by atoms with Crippen molar-refractivity contribution in [2.24, 2.45) is 0 Å². The van der Waals surface area contributed by atoms with Gasteiger partial charge in [-0.1, -0.05) is 42.8 Å². The Morgan fingerprint density at radius 1 is 1.20 bits per heavy atom. The van der Waals surface area contributed by atoms with Crippen LogP contribution in [0.1, 0.15) is 38.8 Å². The summed E-state index contributed by atoms with van der Waals surface area (Å²) >= 11 is 3.61. The van der Waals surface area contributed by atoms with Crippen molar-refractivity contribution in [1.82, 2.24) is 9.88 Å². The van der Waals surface area contributed by atoms with E-state index in [2.05, 4.69) is 89.1 Å². The molecule has 0 N–H and O–H groups in total. The second-order valence-corrected chi connectivity index (χ2v) is 7.52. The van der Waals surface area contributed by atoms with Gasteiger partial charge in [-0.3, -0.25) is 4.98 Å². The average molecular weight is 397 g/mol. The van der Waals surface area contributed by atoms with Gasteiger partial charge in [0.1, 0.15) is 0 Å². The largest absolute Gasteiger partial charge is 0.374 e. The smallest absolute Gasteiger partial charge is 0.0611 e. The number of aromatic nitrogens is 1. The van der Waals surface area contributed by atoms with Crippen LogP contribution < -0.4 is 10.4 Å². The lowest BCUT2D eigenvalue weighted by Crippen LogP contribution is -2.44. The minimum Gasteiger partial charge on any atom is -0.374 e. The molecule has 0 bridgehead atoms. The van der Waals surface area contributed by atoms with Gasteiger partial charge in [0.2, 0.25) is 0 Å². The van der Waals surface area contributed by atoms with E-state index >= 15 is 0 Å². The van der Waals surface area contributed by atoms with E-state index in [1.165, 1.54) is 27.4 Å². The van der Waals surface area contributed by atoms with Gasteiger partial charge in [-0.2, -0.15) is 0 Å². The van der Waals surface area contributed by atoms with Gasteiger partial charge in [-0.15, -0.1) is 0 Å². The van der Waals surface area contributed by atoms with E-state index in [9.17, 15) is 0 Å². The summed E-state index contributed by atoms with van der Waals surface area (Å²) in [4.78, 5) is 6.94. The van der Waals surface area contributed by atoms with E-state index in [0.29, 0.717) is 5.92 Å². The Bertz CT molecular complexity index is 892. The fourth-order valence-corrected chi connectivity index (χ4v) is 3.75. The van der Waals surface area contributed by atoms with Gasteiger partial charge in [0.05, 0.1) is 5.69 Å². The molecule has 0 amide bonds. The van der Waals surface area contributed by atoms with E-state index < -0.39 is 0 Å². The van der Waals surface area contributed by atoms with Crippen LogP contribution in [0.15, 0.2) is 58.8 Å². The van der Waals surface area contributed by atoms with Crippen molar-refractivity contribution in [2.75, 3.05) is 13.1 Å². The van der Waals surface area contributed by atoms with Gasteiger partial charge in [0.25, 0.3) is 0 Å². The van der Waals surface area contributed by atoms with E-state index in [0.717, 1.165) is 24.0 Å². The van der Waals surface area contributed by atoms with Crippen LogP contribution >= 0.6 is 15.9 Å². The second kappa shape index (κ2) is 8.01. The molecule has 2 nitrogen and oxygen atoms in total. The molecule has 3 heteroatoms. The van der Waals surface area contributed by atoms with E-state index in [-0.39, 0.29) is 0 Å². The van der Waals surface area contributed by atoms with Crippen molar-refractivity contribution < 1.29 is 0 Å². The van der Waals surface area contributed by atoms with Crippen molar-refractivity contribution in [3.8, 4) is 0 Å². The zero-order valence-corrected chi connectivity index (χ0v) is 16.8. The van der Waals surface area contributed by atoms with Gasteiger partial charge < -0.3 is 4.90 Å². The van der Waals surface area contributed by atoms with Crippen molar-refractivity contribution >= 4 is 27.6 Å². The Morgan fingerprint density at radius 2 is 1.96 bits per heavy atom. The molecule has 1 fully saturated rings. The summed E-state index contributed by atoms with van der Waals surface area (Å²) in [6, 6.07) is 12.7. The van der Waals surface area contributed by atoms with Crippen LogP contribution in [0, 0.1) is 0 Å². The molecule has 0 aliphatic carbocycles. The molecule has 0 unspecified atom stereocenters. The number of likely N-dealkylation sites (tertiary alicyclic amines) is 1. The maximum Gasteiger partial charge on any atom is 0.0611 e. The van der Waals surface area contributed by atoms with Crippen molar-refractivity contribution in [3.05, 3.63) is 75.0 Å². The Kier molecular flexibility index (Phi) is 5.74. The monoisotopic (exact) mass is 396 g/mol. The molecule has 3 rings (SSSR count). The number of hydrogen-bond acceptors (Lipinski definition) is 2. The number of halogens is 1. The van der Waals surface area contributed by atoms with Gasteiger partial charge in [0.15, 0.2) is 0 Å². The molecule has 1 aromatic heterocycles. The van der Waals surface area contributed by atoms with Crippen LogP contribution in [-0.2, 0) is 0 Å². The molecule has 1 saturated heterocycles. The summed E-state index contributed by atoms with van der Waals surface area (Å²) in [6.45, 7) is 8.69. The Balaban J connectivity index is 1.76. The number of benzene rings is 1. The summed E-state index contributed by atoms with van der Waals surface area (Å²) in [6.07, 6.45) is 7.45. The highest BCUT2D eigenvalue weighted by molar-refractivity contribution is 9.10. The minimum absolute atomic E-state index is 0.516. The van der Waals surface area contributed by atoms with E-state index in [1.54, 1.807) is 0 Å². The quantitative estimate of drug-likeness (QED) is 0.769. The Hall–Kier alpha value is -1.87. The summed E-state index contributed by atoms with van der Waals surface area (Å²) < 4.78 is 1.12. The lowest BCUT2D eigenvalue weighted by Gasteiger charge is -2.41. The Morgan fingerprint density at radius 3 is 2.68 bits per heavy atom. The van der Waals surface area contributed by atoms with E-state index in [4.69, 9.17) is 0 Å². The van der Waals surface area contributed by atoms with Gasteiger partial charge in [0, 0.05) is 35.4 Å². The van der Waals surface area contributed by atoms with Crippen LogP contribution in [0.3, 0.4) is 0 Å². The molecule has 1 aromatic carbocycles. The standard InChI is InChI=1S/C22H25BrN2/c1-4-16(2)20-9-6-5-8-18(20)12-11-17(3)25-14-19(15-25)22-21(23)10-7-13-24-22/h5-13,19H,4,14-15H2,1-3H3. The normalized spacial score (nSPS) is 17.5. The predicted octanol–water partition coefficient (Wildman–Crippen LogP) is 4.21. The van der Waals surface area contributed by atoms with Crippen molar-refractivity contribution in [2.45, 2.75) is 33.1 Å². The highest BCUT2D eigenvalue weighted by Crippen LogP contribution is 2.32. The molecule has 0 atom stereocenters. The van der Waals surface area contributed by atoms with Crippen molar-refractivity contribution in [1.29, 1.82) is 0 Å². The summed E-state index contributed by atoms with van der Waals surface area (Å²) in [5, 5.41) is 2.65.